The number of ether oxygens (including phenoxy) is 3. The molecule has 2 atom stereocenters. The summed E-state index contributed by atoms with van der Waals surface area (Å²) in [6, 6.07) is 4.70. The van der Waals surface area contributed by atoms with Crippen molar-refractivity contribution in [3.63, 3.8) is 0 Å². The highest BCUT2D eigenvalue weighted by atomic mass is 16.5. The number of carbonyl (C=O) groups excluding carboxylic acids is 4. The van der Waals surface area contributed by atoms with Gasteiger partial charge in [-0.25, -0.2) is 0 Å². The van der Waals surface area contributed by atoms with E-state index in [1.165, 1.54) is 20.3 Å². The maximum Gasteiger partial charge on any atom is 0.326 e. The van der Waals surface area contributed by atoms with E-state index in [1.54, 1.807) is 12.1 Å². The molecule has 1 aliphatic heterocycles. The zero-order valence-electron chi connectivity index (χ0n) is 15.7. The van der Waals surface area contributed by atoms with Gasteiger partial charge in [0.25, 0.3) is 0 Å². The normalized spacial score (nSPS) is 20.7. The van der Waals surface area contributed by atoms with Crippen molar-refractivity contribution in [3.05, 3.63) is 35.9 Å². The largest absolute Gasteiger partial charge is 0.497 e. The van der Waals surface area contributed by atoms with Gasteiger partial charge in [-0.3, -0.25) is 24.1 Å². The smallest absolute Gasteiger partial charge is 0.326 e. The maximum absolute atomic E-state index is 12.4. The Morgan fingerprint density at radius 2 is 1.68 bits per heavy atom. The number of carbonyl (C=O) groups is 4. The van der Waals surface area contributed by atoms with Crippen LogP contribution in [0.3, 0.4) is 0 Å². The van der Waals surface area contributed by atoms with Gasteiger partial charge in [-0.15, -0.1) is 0 Å². The number of rotatable bonds is 7. The average molecular weight is 387 g/mol. The lowest BCUT2D eigenvalue weighted by Gasteiger charge is -2.14. The van der Waals surface area contributed by atoms with E-state index < -0.39 is 36.7 Å². The molecular weight excluding hydrogens is 366 g/mol. The van der Waals surface area contributed by atoms with Gasteiger partial charge in [-0.2, -0.15) is 0 Å². The molecule has 0 radical (unpaired) electrons. The van der Waals surface area contributed by atoms with Crippen molar-refractivity contribution < 1.29 is 33.4 Å². The van der Waals surface area contributed by atoms with Crippen LogP contribution in [0.1, 0.15) is 23.2 Å². The van der Waals surface area contributed by atoms with E-state index in [0.717, 1.165) is 4.90 Å². The predicted molar refractivity (Wildman–Crippen MR) is 96.9 cm³/mol. The van der Waals surface area contributed by atoms with Gasteiger partial charge >= 0.3 is 5.97 Å². The third-order valence-corrected chi connectivity index (χ3v) is 4.96. The van der Waals surface area contributed by atoms with Gasteiger partial charge in [-0.05, 0) is 31.0 Å². The molecule has 2 aliphatic rings. The van der Waals surface area contributed by atoms with Gasteiger partial charge in [0.1, 0.15) is 18.0 Å². The number of ketones is 1. The van der Waals surface area contributed by atoms with Crippen molar-refractivity contribution in [2.24, 2.45) is 11.8 Å². The van der Waals surface area contributed by atoms with Gasteiger partial charge in [0, 0.05) is 0 Å². The lowest BCUT2D eigenvalue weighted by molar-refractivity contribution is -0.152. The summed E-state index contributed by atoms with van der Waals surface area (Å²) in [6.07, 6.45) is 4.73. The fraction of sp³-hybridized carbons (Fsp3) is 0.400. The molecule has 1 fully saturated rings. The summed E-state index contributed by atoms with van der Waals surface area (Å²) in [5, 5.41) is 0. The Labute approximate surface area is 162 Å². The second-order valence-electron chi connectivity index (χ2n) is 6.57. The van der Waals surface area contributed by atoms with E-state index in [-0.39, 0.29) is 17.4 Å². The molecule has 0 spiro atoms. The van der Waals surface area contributed by atoms with E-state index in [4.69, 9.17) is 14.2 Å². The number of esters is 1. The van der Waals surface area contributed by atoms with Crippen LogP contribution in [0.15, 0.2) is 30.4 Å². The van der Waals surface area contributed by atoms with Crippen LogP contribution in [0.25, 0.3) is 0 Å². The van der Waals surface area contributed by atoms with E-state index in [0.29, 0.717) is 24.3 Å². The van der Waals surface area contributed by atoms with Gasteiger partial charge in [0.15, 0.2) is 6.61 Å². The molecule has 0 bridgehead atoms. The van der Waals surface area contributed by atoms with Crippen LogP contribution in [0.4, 0.5) is 0 Å². The molecule has 1 saturated heterocycles. The maximum atomic E-state index is 12.4. The number of fused-ring (bicyclic) bond motifs is 1. The Morgan fingerprint density at radius 1 is 1.04 bits per heavy atom. The summed E-state index contributed by atoms with van der Waals surface area (Å²) in [5.74, 6) is -2.07. The highest BCUT2D eigenvalue weighted by molar-refractivity contribution is 6.07. The fourth-order valence-electron chi connectivity index (χ4n) is 3.46. The van der Waals surface area contributed by atoms with Crippen molar-refractivity contribution in [1.29, 1.82) is 0 Å². The summed E-state index contributed by atoms with van der Waals surface area (Å²) in [7, 11) is 2.89. The quantitative estimate of drug-likeness (QED) is 0.302. The first-order valence-corrected chi connectivity index (χ1v) is 8.87. The second-order valence-corrected chi connectivity index (χ2v) is 6.57. The number of methoxy groups -OCH3 is 2. The number of hydrogen-bond acceptors (Lipinski definition) is 7. The van der Waals surface area contributed by atoms with Crippen molar-refractivity contribution in [1.82, 2.24) is 4.90 Å². The molecule has 0 saturated carbocycles. The molecule has 1 aromatic carbocycles. The van der Waals surface area contributed by atoms with Crippen LogP contribution in [-0.4, -0.2) is 55.8 Å². The third kappa shape index (κ3) is 3.76. The lowest BCUT2D eigenvalue weighted by atomic mass is 9.85. The molecule has 3 rings (SSSR count). The van der Waals surface area contributed by atoms with Gasteiger partial charge in [0.05, 0.1) is 31.6 Å². The molecule has 1 heterocycles. The van der Waals surface area contributed by atoms with E-state index >= 15 is 0 Å². The van der Waals surface area contributed by atoms with Crippen LogP contribution in [0, 0.1) is 11.8 Å². The summed E-state index contributed by atoms with van der Waals surface area (Å²) in [5.41, 5.74) is 0.208. The SMILES string of the molecule is COc1ccc(OC)c(C(=O)COC(=O)CN2C(=O)[C@H]3CC=CC[C@@H]3C2=O)c1. The summed E-state index contributed by atoms with van der Waals surface area (Å²) >= 11 is 0. The van der Waals surface area contributed by atoms with Crippen molar-refractivity contribution >= 4 is 23.6 Å². The van der Waals surface area contributed by atoms with Crippen LogP contribution >= 0.6 is 0 Å². The number of amides is 2. The monoisotopic (exact) mass is 387 g/mol. The third-order valence-electron chi connectivity index (χ3n) is 4.96. The fourth-order valence-corrected chi connectivity index (χ4v) is 3.46. The number of benzene rings is 1. The van der Waals surface area contributed by atoms with Crippen molar-refractivity contribution in [2.75, 3.05) is 27.4 Å². The van der Waals surface area contributed by atoms with Crippen LogP contribution in [-0.2, 0) is 19.1 Å². The Balaban J connectivity index is 1.60. The molecule has 2 amide bonds. The number of imide groups is 1. The minimum atomic E-state index is -0.816. The first-order valence-electron chi connectivity index (χ1n) is 8.87. The van der Waals surface area contributed by atoms with Gasteiger partial charge in [-0.1, -0.05) is 12.2 Å². The van der Waals surface area contributed by atoms with Crippen molar-refractivity contribution in [3.8, 4) is 11.5 Å². The number of allylic oxidation sites excluding steroid dienone is 2. The molecule has 1 aromatic rings. The lowest BCUT2D eigenvalue weighted by Crippen LogP contribution is -2.37. The molecule has 28 heavy (non-hydrogen) atoms. The molecular formula is C20H21NO7. The predicted octanol–water partition coefficient (Wildman–Crippen LogP) is 1.38. The summed E-state index contributed by atoms with van der Waals surface area (Å²) in [4.78, 5) is 50.2. The van der Waals surface area contributed by atoms with Crippen LogP contribution in [0.2, 0.25) is 0 Å². The first-order chi connectivity index (χ1) is 13.5. The van der Waals surface area contributed by atoms with Gasteiger partial charge in [0.2, 0.25) is 17.6 Å². The van der Waals surface area contributed by atoms with E-state index in [2.05, 4.69) is 0 Å². The molecule has 8 heteroatoms. The molecule has 0 N–H and O–H groups in total. The van der Waals surface area contributed by atoms with E-state index in [9.17, 15) is 19.2 Å². The molecule has 148 valence electrons. The Bertz CT molecular complexity index is 819. The average Bonchev–Trinajstić information content (AvgIpc) is 2.96. The number of likely N-dealkylation sites (tertiary alicyclic amines) is 1. The molecule has 0 unspecified atom stereocenters. The summed E-state index contributed by atoms with van der Waals surface area (Å²) in [6.45, 7) is -1.03. The first kappa shape index (κ1) is 19.6. The molecule has 0 aromatic heterocycles. The Morgan fingerprint density at radius 3 is 2.25 bits per heavy atom. The standard InChI is InChI=1S/C20H21NO7/c1-26-12-7-8-17(27-2)15(9-12)16(22)11-28-18(23)10-21-19(24)13-5-3-4-6-14(13)20(21)25/h3-4,7-9,13-14H,5-6,10-11H2,1-2H3/t13-,14-/m0/s1. The Kier molecular flexibility index (Phi) is 5.77. The zero-order valence-corrected chi connectivity index (χ0v) is 15.7. The molecule has 1 aliphatic carbocycles. The van der Waals surface area contributed by atoms with Crippen molar-refractivity contribution in [2.45, 2.75) is 12.8 Å². The second kappa shape index (κ2) is 8.24. The number of Topliss-reactive ketones (excluding diaryl/α,β-unsaturated/α-hetero) is 1. The number of hydrogen-bond donors (Lipinski definition) is 0. The molecule has 8 nitrogen and oxygen atoms in total. The number of nitrogens with zero attached hydrogens (tertiary/aromatic N) is 1. The highest BCUT2D eigenvalue weighted by Gasteiger charge is 2.47. The van der Waals surface area contributed by atoms with E-state index in [1.807, 2.05) is 12.2 Å². The topological polar surface area (TPSA) is 99.2 Å². The van der Waals surface area contributed by atoms with Crippen LogP contribution < -0.4 is 9.47 Å². The van der Waals surface area contributed by atoms with Gasteiger partial charge < -0.3 is 14.2 Å². The highest BCUT2D eigenvalue weighted by Crippen LogP contribution is 2.34. The van der Waals surface area contributed by atoms with Crippen LogP contribution in [0.5, 0.6) is 11.5 Å². The minimum absolute atomic E-state index is 0.208. The minimum Gasteiger partial charge on any atom is -0.497 e. The summed E-state index contributed by atoms with van der Waals surface area (Å²) < 4.78 is 15.2. The zero-order chi connectivity index (χ0) is 20.3. The Hall–Kier alpha value is -3.16.